The van der Waals surface area contributed by atoms with Crippen molar-refractivity contribution in [2.24, 2.45) is 0 Å². The number of carbonyl (C=O) groups excluding carboxylic acids is 1. The average molecular weight is 210 g/mol. The van der Waals surface area contributed by atoms with Crippen molar-refractivity contribution in [1.82, 2.24) is 9.88 Å². The second-order valence-electron chi connectivity index (χ2n) is 4.58. The Hall–Kier alpha value is -1.29. The minimum Gasteiger partial charge on any atom is -0.390 e. The molecular weight excluding hydrogens is 192 g/mol. The van der Waals surface area contributed by atoms with Crippen LogP contribution in [-0.2, 0) is 17.9 Å². The first-order chi connectivity index (χ1) is 6.92. The first-order valence-electron chi connectivity index (χ1n) is 4.98. The molecule has 0 aliphatic carbocycles. The Bertz CT molecular complexity index is 337. The molecule has 0 aliphatic heterocycles. The fourth-order valence-corrected chi connectivity index (χ4v) is 1.36. The highest BCUT2D eigenvalue weighted by molar-refractivity contribution is 5.76. The van der Waals surface area contributed by atoms with Crippen molar-refractivity contribution < 1.29 is 9.90 Å². The molecule has 1 rings (SSSR count). The van der Waals surface area contributed by atoms with Gasteiger partial charge in [-0.05, 0) is 32.9 Å². The van der Waals surface area contributed by atoms with Gasteiger partial charge >= 0.3 is 0 Å². The lowest BCUT2D eigenvalue weighted by Crippen LogP contribution is -2.42. The average Bonchev–Trinajstić information content (AvgIpc) is 2.48. The maximum absolute atomic E-state index is 11.6. The molecule has 0 aromatic carbocycles. The molecule has 0 atom stereocenters. The summed E-state index contributed by atoms with van der Waals surface area (Å²) in [7, 11) is 0. The fourth-order valence-electron chi connectivity index (χ4n) is 1.36. The predicted octanol–water partition coefficient (Wildman–Crippen LogP) is 0.895. The SMILES string of the molecule is CC(C)(C)NC(=O)Cn1cccc1CO. The van der Waals surface area contributed by atoms with Crippen LogP contribution < -0.4 is 5.32 Å². The van der Waals surface area contributed by atoms with Crippen molar-refractivity contribution in [3.63, 3.8) is 0 Å². The number of hydrogen-bond donors (Lipinski definition) is 2. The summed E-state index contributed by atoms with van der Waals surface area (Å²) in [6.07, 6.45) is 1.79. The monoisotopic (exact) mass is 210 g/mol. The molecule has 15 heavy (non-hydrogen) atoms. The number of aliphatic hydroxyl groups excluding tert-OH is 1. The van der Waals surface area contributed by atoms with Crippen molar-refractivity contribution in [3.05, 3.63) is 24.0 Å². The number of hydrogen-bond acceptors (Lipinski definition) is 2. The first kappa shape index (κ1) is 11.8. The molecular formula is C11H18N2O2. The van der Waals surface area contributed by atoms with Crippen LogP contribution >= 0.6 is 0 Å². The summed E-state index contributed by atoms with van der Waals surface area (Å²) < 4.78 is 1.74. The summed E-state index contributed by atoms with van der Waals surface area (Å²) in [5.41, 5.74) is 0.530. The molecule has 1 heterocycles. The van der Waals surface area contributed by atoms with Crippen LogP contribution in [0.15, 0.2) is 18.3 Å². The van der Waals surface area contributed by atoms with Crippen LogP contribution in [0.5, 0.6) is 0 Å². The van der Waals surface area contributed by atoms with Gasteiger partial charge in [0.05, 0.1) is 6.61 Å². The van der Waals surface area contributed by atoms with Crippen LogP contribution in [0.4, 0.5) is 0 Å². The molecule has 0 aliphatic rings. The molecule has 0 radical (unpaired) electrons. The molecule has 84 valence electrons. The van der Waals surface area contributed by atoms with Crippen molar-refractivity contribution >= 4 is 5.91 Å². The highest BCUT2D eigenvalue weighted by atomic mass is 16.3. The van der Waals surface area contributed by atoms with Crippen LogP contribution in [0.25, 0.3) is 0 Å². The zero-order valence-electron chi connectivity index (χ0n) is 9.45. The minimum absolute atomic E-state index is 0.0458. The van der Waals surface area contributed by atoms with Gasteiger partial charge in [-0.25, -0.2) is 0 Å². The molecule has 0 unspecified atom stereocenters. The molecule has 0 saturated heterocycles. The van der Waals surface area contributed by atoms with E-state index in [0.717, 1.165) is 5.69 Å². The summed E-state index contributed by atoms with van der Waals surface area (Å²) in [6, 6.07) is 3.61. The normalized spacial score (nSPS) is 11.5. The van der Waals surface area contributed by atoms with Crippen LogP contribution in [-0.4, -0.2) is 21.1 Å². The molecule has 2 N–H and O–H groups in total. The van der Waals surface area contributed by atoms with Crippen LogP contribution in [0.1, 0.15) is 26.5 Å². The number of rotatable bonds is 3. The molecule has 4 heteroatoms. The molecule has 0 bridgehead atoms. The van der Waals surface area contributed by atoms with Crippen molar-refractivity contribution in [2.45, 2.75) is 39.5 Å². The van der Waals surface area contributed by atoms with E-state index in [1.165, 1.54) is 0 Å². The molecule has 0 fully saturated rings. The Balaban J connectivity index is 2.59. The minimum atomic E-state index is -0.219. The van der Waals surface area contributed by atoms with Gasteiger partial charge in [0.15, 0.2) is 0 Å². The Morgan fingerprint density at radius 1 is 1.53 bits per heavy atom. The number of nitrogens with one attached hydrogen (secondary N) is 1. The summed E-state index contributed by atoms with van der Waals surface area (Å²) in [5.74, 6) is -0.0478. The lowest BCUT2D eigenvalue weighted by molar-refractivity contribution is -0.123. The number of amides is 1. The summed E-state index contributed by atoms with van der Waals surface area (Å²) in [4.78, 5) is 11.6. The van der Waals surface area contributed by atoms with E-state index in [1.807, 2.05) is 26.8 Å². The predicted molar refractivity (Wildman–Crippen MR) is 58.3 cm³/mol. The number of nitrogens with zero attached hydrogens (tertiary/aromatic N) is 1. The summed E-state index contributed by atoms with van der Waals surface area (Å²) >= 11 is 0. The molecule has 0 spiro atoms. The Kier molecular flexibility index (Phi) is 3.52. The van der Waals surface area contributed by atoms with Gasteiger partial charge in [0.25, 0.3) is 0 Å². The number of carbonyl (C=O) groups is 1. The van der Waals surface area contributed by atoms with Gasteiger partial charge in [-0.15, -0.1) is 0 Å². The van der Waals surface area contributed by atoms with Crippen molar-refractivity contribution in [1.29, 1.82) is 0 Å². The molecule has 4 nitrogen and oxygen atoms in total. The van der Waals surface area contributed by atoms with Gasteiger partial charge in [-0.3, -0.25) is 4.79 Å². The summed E-state index contributed by atoms with van der Waals surface area (Å²) in [6.45, 7) is 6.02. The standard InChI is InChI=1S/C11H18N2O2/c1-11(2,3)12-10(15)7-13-6-4-5-9(13)8-14/h4-6,14H,7-8H2,1-3H3,(H,12,15). The zero-order valence-corrected chi connectivity index (χ0v) is 9.45. The fraction of sp³-hybridized carbons (Fsp3) is 0.545. The van der Waals surface area contributed by atoms with Gasteiger partial charge in [0, 0.05) is 17.4 Å². The van der Waals surface area contributed by atoms with Gasteiger partial charge in [0.1, 0.15) is 6.54 Å². The van der Waals surface area contributed by atoms with Gasteiger partial charge in [-0.1, -0.05) is 0 Å². The maximum Gasteiger partial charge on any atom is 0.240 e. The van der Waals surface area contributed by atoms with E-state index in [-0.39, 0.29) is 24.6 Å². The largest absolute Gasteiger partial charge is 0.390 e. The lowest BCUT2D eigenvalue weighted by Gasteiger charge is -2.21. The zero-order chi connectivity index (χ0) is 11.5. The quantitative estimate of drug-likeness (QED) is 0.778. The van der Waals surface area contributed by atoms with Crippen molar-refractivity contribution in [3.8, 4) is 0 Å². The molecule has 1 aromatic heterocycles. The van der Waals surface area contributed by atoms with E-state index in [4.69, 9.17) is 5.11 Å². The first-order valence-corrected chi connectivity index (χ1v) is 4.98. The van der Waals surface area contributed by atoms with E-state index in [9.17, 15) is 4.79 Å². The number of aromatic nitrogens is 1. The topological polar surface area (TPSA) is 54.3 Å². The Labute approximate surface area is 89.9 Å². The highest BCUT2D eigenvalue weighted by Crippen LogP contribution is 2.03. The van der Waals surface area contributed by atoms with E-state index in [2.05, 4.69) is 5.32 Å². The van der Waals surface area contributed by atoms with Crippen LogP contribution in [0, 0.1) is 0 Å². The maximum atomic E-state index is 11.6. The summed E-state index contributed by atoms with van der Waals surface area (Å²) in [5, 5.41) is 11.9. The molecule has 1 amide bonds. The van der Waals surface area contributed by atoms with Crippen LogP contribution in [0.2, 0.25) is 0 Å². The van der Waals surface area contributed by atoms with Gasteiger partial charge in [0.2, 0.25) is 5.91 Å². The van der Waals surface area contributed by atoms with Crippen molar-refractivity contribution in [2.75, 3.05) is 0 Å². The van der Waals surface area contributed by atoms with E-state index in [0.29, 0.717) is 0 Å². The second kappa shape index (κ2) is 4.49. The smallest absolute Gasteiger partial charge is 0.240 e. The third-order valence-corrected chi connectivity index (χ3v) is 1.91. The third-order valence-electron chi connectivity index (χ3n) is 1.91. The van der Waals surface area contributed by atoms with E-state index in [1.54, 1.807) is 16.8 Å². The third kappa shape index (κ3) is 3.75. The lowest BCUT2D eigenvalue weighted by atomic mass is 10.1. The highest BCUT2D eigenvalue weighted by Gasteiger charge is 2.14. The second-order valence-corrected chi connectivity index (χ2v) is 4.58. The Morgan fingerprint density at radius 3 is 2.73 bits per heavy atom. The van der Waals surface area contributed by atoms with E-state index < -0.39 is 0 Å². The molecule has 1 aromatic rings. The van der Waals surface area contributed by atoms with Crippen LogP contribution in [0.3, 0.4) is 0 Å². The number of aliphatic hydroxyl groups is 1. The Morgan fingerprint density at radius 2 is 2.20 bits per heavy atom. The molecule has 0 saturated carbocycles. The van der Waals surface area contributed by atoms with Gasteiger partial charge in [-0.2, -0.15) is 0 Å². The van der Waals surface area contributed by atoms with Gasteiger partial charge < -0.3 is 15.0 Å². The van der Waals surface area contributed by atoms with E-state index >= 15 is 0 Å².